The number of rotatable bonds is 2. The molecule has 0 spiro atoms. The van der Waals surface area contributed by atoms with E-state index in [4.69, 9.17) is 12.2 Å². The van der Waals surface area contributed by atoms with E-state index in [0.717, 1.165) is 5.56 Å². The Morgan fingerprint density at radius 1 is 1.33 bits per heavy atom. The summed E-state index contributed by atoms with van der Waals surface area (Å²) in [7, 11) is 0. The molecule has 2 rings (SSSR count). The van der Waals surface area contributed by atoms with Crippen LogP contribution in [0.4, 0.5) is 0 Å². The first kappa shape index (κ1) is 9.86. The maximum Gasteiger partial charge on any atom is 0.276 e. The number of hydrogen-bond acceptors (Lipinski definition) is 2. The lowest BCUT2D eigenvalue weighted by Gasteiger charge is -2.13. The summed E-state index contributed by atoms with van der Waals surface area (Å²) in [6, 6.07) is 9.71. The van der Waals surface area contributed by atoms with E-state index < -0.39 is 0 Å². The molecular formula is C11H10N2OS. The molecule has 0 atom stereocenters. The standard InChI is InChI=1S/C11H10N2OS/c1-8-10(14)13(11(15)12-8)7-9-5-3-2-4-6-9/h2-6H,1,7H2,(H,12,15). The molecule has 1 fully saturated rings. The fraction of sp³-hybridized carbons (Fsp3) is 0.0909. The summed E-state index contributed by atoms with van der Waals surface area (Å²) in [5.74, 6) is -0.149. The molecule has 4 heteroatoms. The molecular weight excluding hydrogens is 208 g/mol. The lowest BCUT2D eigenvalue weighted by atomic mass is 10.2. The first-order valence-corrected chi connectivity index (χ1v) is 4.95. The summed E-state index contributed by atoms with van der Waals surface area (Å²) in [5, 5.41) is 3.18. The Morgan fingerprint density at radius 3 is 2.53 bits per heavy atom. The van der Waals surface area contributed by atoms with Crippen LogP contribution in [0, 0.1) is 0 Å². The predicted molar refractivity (Wildman–Crippen MR) is 61.9 cm³/mol. The molecule has 1 heterocycles. The molecule has 1 amide bonds. The van der Waals surface area contributed by atoms with Crippen molar-refractivity contribution >= 4 is 23.2 Å². The fourth-order valence-corrected chi connectivity index (χ4v) is 1.69. The van der Waals surface area contributed by atoms with E-state index in [9.17, 15) is 4.79 Å². The summed E-state index contributed by atoms with van der Waals surface area (Å²) < 4.78 is 0. The number of carbonyl (C=O) groups is 1. The zero-order valence-corrected chi connectivity index (χ0v) is 8.88. The van der Waals surface area contributed by atoms with Gasteiger partial charge in [0, 0.05) is 0 Å². The molecule has 1 aromatic rings. The van der Waals surface area contributed by atoms with Crippen LogP contribution < -0.4 is 5.32 Å². The van der Waals surface area contributed by atoms with Crippen LogP contribution in [-0.2, 0) is 11.3 Å². The van der Waals surface area contributed by atoms with Gasteiger partial charge in [-0.05, 0) is 17.8 Å². The Kier molecular flexibility index (Phi) is 2.51. The first-order chi connectivity index (χ1) is 7.18. The van der Waals surface area contributed by atoms with Gasteiger partial charge in [-0.2, -0.15) is 0 Å². The summed E-state index contributed by atoms with van der Waals surface area (Å²) in [6.45, 7) is 4.08. The minimum atomic E-state index is -0.149. The number of benzene rings is 1. The van der Waals surface area contributed by atoms with Crippen LogP contribution >= 0.6 is 12.2 Å². The predicted octanol–water partition coefficient (Wildman–Crippen LogP) is 1.42. The van der Waals surface area contributed by atoms with Crippen LogP contribution in [0.1, 0.15) is 5.56 Å². The van der Waals surface area contributed by atoms with Crippen LogP contribution in [0.25, 0.3) is 0 Å². The Morgan fingerprint density at radius 2 is 2.00 bits per heavy atom. The van der Waals surface area contributed by atoms with E-state index in [0.29, 0.717) is 17.4 Å². The number of carbonyl (C=O) groups excluding carboxylic acids is 1. The number of amides is 1. The second-order valence-electron chi connectivity index (χ2n) is 3.29. The van der Waals surface area contributed by atoms with Gasteiger partial charge in [0.1, 0.15) is 0 Å². The van der Waals surface area contributed by atoms with E-state index >= 15 is 0 Å². The average molecular weight is 218 g/mol. The summed E-state index contributed by atoms with van der Waals surface area (Å²) in [4.78, 5) is 13.1. The van der Waals surface area contributed by atoms with Crippen LogP contribution in [0.3, 0.4) is 0 Å². The van der Waals surface area contributed by atoms with Crippen molar-refractivity contribution in [3.8, 4) is 0 Å². The van der Waals surface area contributed by atoms with Gasteiger partial charge in [-0.25, -0.2) is 0 Å². The van der Waals surface area contributed by atoms with Crippen LogP contribution in [-0.4, -0.2) is 15.9 Å². The van der Waals surface area contributed by atoms with E-state index in [1.165, 1.54) is 4.90 Å². The molecule has 76 valence electrons. The number of nitrogens with one attached hydrogen (secondary N) is 1. The topological polar surface area (TPSA) is 32.3 Å². The van der Waals surface area contributed by atoms with Crippen molar-refractivity contribution in [1.29, 1.82) is 0 Å². The number of hydrogen-bond donors (Lipinski definition) is 1. The van der Waals surface area contributed by atoms with Gasteiger partial charge in [0.15, 0.2) is 5.11 Å². The van der Waals surface area contributed by atoms with E-state index in [1.807, 2.05) is 30.3 Å². The van der Waals surface area contributed by atoms with Crippen LogP contribution in [0.15, 0.2) is 42.6 Å². The van der Waals surface area contributed by atoms with Crippen molar-refractivity contribution in [2.45, 2.75) is 6.54 Å². The molecule has 0 unspecified atom stereocenters. The highest BCUT2D eigenvalue weighted by molar-refractivity contribution is 7.80. The van der Waals surface area contributed by atoms with E-state index in [1.54, 1.807) is 0 Å². The number of thiocarbonyl (C=S) groups is 1. The molecule has 3 nitrogen and oxygen atoms in total. The molecule has 0 bridgehead atoms. The molecule has 1 aliphatic heterocycles. The van der Waals surface area contributed by atoms with Gasteiger partial charge >= 0.3 is 0 Å². The largest absolute Gasteiger partial charge is 0.328 e. The van der Waals surface area contributed by atoms with Gasteiger partial charge in [0.25, 0.3) is 5.91 Å². The number of nitrogens with zero attached hydrogens (tertiary/aromatic N) is 1. The molecule has 15 heavy (non-hydrogen) atoms. The Bertz CT molecular complexity index is 427. The van der Waals surface area contributed by atoms with E-state index in [2.05, 4.69) is 11.9 Å². The third-order valence-electron chi connectivity index (χ3n) is 2.19. The zero-order valence-electron chi connectivity index (χ0n) is 8.06. The highest BCUT2D eigenvalue weighted by atomic mass is 32.1. The van der Waals surface area contributed by atoms with E-state index in [-0.39, 0.29) is 5.91 Å². The van der Waals surface area contributed by atoms with Crippen molar-refractivity contribution < 1.29 is 4.79 Å². The lowest BCUT2D eigenvalue weighted by Crippen LogP contribution is -2.29. The second kappa shape index (κ2) is 3.82. The molecule has 1 saturated heterocycles. The SMILES string of the molecule is C=C1NC(=S)N(Cc2ccccc2)C1=O. The molecule has 0 saturated carbocycles. The minimum absolute atomic E-state index is 0.149. The van der Waals surface area contributed by atoms with Crippen molar-refractivity contribution in [3.05, 3.63) is 48.2 Å². The quantitative estimate of drug-likeness (QED) is 0.602. The van der Waals surface area contributed by atoms with Crippen LogP contribution in [0.2, 0.25) is 0 Å². The summed E-state index contributed by atoms with van der Waals surface area (Å²) >= 11 is 5.03. The summed E-state index contributed by atoms with van der Waals surface area (Å²) in [6.07, 6.45) is 0. The maximum atomic E-state index is 11.6. The van der Waals surface area contributed by atoms with Gasteiger partial charge in [-0.1, -0.05) is 36.9 Å². The lowest BCUT2D eigenvalue weighted by molar-refractivity contribution is -0.122. The van der Waals surface area contributed by atoms with Gasteiger partial charge in [0.05, 0.1) is 12.2 Å². The molecule has 1 aromatic carbocycles. The maximum absolute atomic E-state index is 11.6. The Hall–Kier alpha value is -1.68. The third-order valence-corrected chi connectivity index (χ3v) is 2.51. The van der Waals surface area contributed by atoms with Gasteiger partial charge < -0.3 is 5.32 Å². The van der Waals surface area contributed by atoms with Crippen LogP contribution in [0.5, 0.6) is 0 Å². The average Bonchev–Trinajstić information content (AvgIpc) is 2.47. The minimum Gasteiger partial charge on any atom is -0.328 e. The summed E-state index contributed by atoms with van der Waals surface area (Å²) in [5.41, 5.74) is 1.39. The Labute approximate surface area is 93.4 Å². The highest BCUT2D eigenvalue weighted by Crippen LogP contribution is 2.12. The van der Waals surface area contributed by atoms with Gasteiger partial charge in [-0.15, -0.1) is 0 Å². The third kappa shape index (κ3) is 1.89. The van der Waals surface area contributed by atoms with Crippen molar-refractivity contribution in [1.82, 2.24) is 10.2 Å². The molecule has 0 radical (unpaired) electrons. The molecule has 0 aliphatic carbocycles. The first-order valence-electron chi connectivity index (χ1n) is 4.54. The van der Waals surface area contributed by atoms with Crippen molar-refractivity contribution in [3.63, 3.8) is 0 Å². The highest BCUT2D eigenvalue weighted by Gasteiger charge is 2.28. The Balaban J connectivity index is 2.16. The fourth-order valence-electron chi connectivity index (χ4n) is 1.41. The second-order valence-corrected chi connectivity index (χ2v) is 3.67. The molecule has 1 aliphatic rings. The van der Waals surface area contributed by atoms with Gasteiger partial charge in [0.2, 0.25) is 0 Å². The zero-order chi connectivity index (χ0) is 10.8. The monoisotopic (exact) mass is 218 g/mol. The van der Waals surface area contributed by atoms with Crippen molar-refractivity contribution in [2.75, 3.05) is 0 Å². The molecule has 1 N–H and O–H groups in total. The smallest absolute Gasteiger partial charge is 0.276 e. The molecule has 0 aromatic heterocycles. The normalized spacial score (nSPS) is 15.7. The van der Waals surface area contributed by atoms with Gasteiger partial charge in [-0.3, -0.25) is 9.69 Å². The van der Waals surface area contributed by atoms with Crippen molar-refractivity contribution in [2.24, 2.45) is 0 Å².